The third kappa shape index (κ3) is 1.84. The van der Waals surface area contributed by atoms with Crippen LogP contribution in [-0.4, -0.2) is 9.55 Å². The molecule has 6 heteroatoms. The van der Waals surface area contributed by atoms with Crippen LogP contribution in [0.25, 0.3) is 16.7 Å². The van der Waals surface area contributed by atoms with Crippen LogP contribution in [0.3, 0.4) is 0 Å². The lowest BCUT2D eigenvalue weighted by Gasteiger charge is -2.06. The van der Waals surface area contributed by atoms with E-state index in [1.54, 1.807) is 6.07 Å². The Morgan fingerprint density at radius 2 is 1.79 bits per heavy atom. The van der Waals surface area contributed by atoms with Crippen molar-refractivity contribution in [2.45, 2.75) is 0 Å². The number of imidazole rings is 1. The van der Waals surface area contributed by atoms with Gasteiger partial charge in [-0.25, -0.2) is 13.2 Å². The normalized spacial score (nSPS) is 11.1. The summed E-state index contributed by atoms with van der Waals surface area (Å²) in [5.74, 6) is -1.93. The van der Waals surface area contributed by atoms with Crippen molar-refractivity contribution in [1.82, 2.24) is 9.55 Å². The third-order valence-electron chi connectivity index (χ3n) is 2.82. The topological polar surface area (TPSA) is 20.7 Å². The summed E-state index contributed by atoms with van der Waals surface area (Å²) in [4.78, 5) is 2.68. The summed E-state index contributed by atoms with van der Waals surface area (Å²) in [6.45, 7) is 0. The molecule has 0 radical (unpaired) electrons. The van der Waals surface area contributed by atoms with Gasteiger partial charge in [0.2, 0.25) is 0 Å². The summed E-state index contributed by atoms with van der Waals surface area (Å²) in [5.41, 5.74) is 0.662. The lowest BCUT2D eigenvalue weighted by Crippen LogP contribution is -1.98. The van der Waals surface area contributed by atoms with Gasteiger partial charge in [-0.3, -0.25) is 4.57 Å². The number of nitrogens with zero attached hydrogens (tertiary/aromatic N) is 1. The molecule has 0 spiro atoms. The average Bonchev–Trinajstić information content (AvgIpc) is 2.68. The zero-order valence-corrected chi connectivity index (χ0v) is 10.3. The molecule has 0 aliphatic rings. The largest absolute Gasteiger partial charge is 0.328 e. The zero-order chi connectivity index (χ0) is 13.6. The van der Waals surface area contributed by atoms with Gasteiger partial charge in [-0.1, -0.05) is 6.07 Å². The molecule has 1 N–H and O–H groups in total. The summed E-state index contributed by atoms with van der Waals surface area (Å²) in [5, 5.41) is 0. The van der Waals surface area contributed by atoms with Crippen LogP contribution >= 0.6 is 12.2 Å². The molecule has 0 saturated heterocycles. The quantitative estimate of drug-likeness (QED) is 0.665. The first-order valence-corrected chi connectivity index (χ1v) is 5.83. The first kappa shape index (κ1) is 12.0. The Morgan fingerprint density at radius 1 is 1.00 bits per heavy atom. The van der Waals surface area contributed by atoms with Crippen molar-refractivity contribution in [2.24, 2.45) is 0 Å². The van der Waals surface area contributed by atoms with Crippen LogP contribution < -0.4 is 0 Å². The number of fused-ring (bicyclic) bond motifs is 1. The van der Waals surface area contributed by atoms with Crippen molar-refractivity contribution in [1.29, 1.82) is 0 Å². The van der Waals surface area contributed by atoms with E-state index in [1.807, 2.05) is 0 Å². The molecule has 3 aromatic rings. The van der Waals surface area contributed by atoms with E-state index in [0.717, 1.165) is 12.1 Å². The second-order valence-corrected chi connectivity index (χ2v) is 4.38. The number of nitrogens with one attached hydrogen (secondary N) is 1. The minimum absolute atomic E-state index is 0.0725. The molecule has 19 heavy (non-hydrogen) atoms. The first-order chi connectivity index (χ1) is 9.08. The van der Waals surface area contributed by atoms with Crippen LogP contribution in [0.15, 0.2) is 36.4 Å². The van der Waals surface area contributed by atoms with Gasteiger partial charge in [0.05, 0.1) is 11.2 Å². The Kier molecular flexibility index (Phi) is 2.67. The monoisotopic (exact) mass is 280 g/mol. The van der Waals surface area contributed by atoms with E-state index < -0.39 is 17.5 Å². The highest BCUT2D eigenvalue weighted by atomic mass is 32.1. The first-order valence-electron chi connectivity index (χ1n) is 5.42. The summed E-state index contributed by atoms with van der Waals surface area (Å²) in [7, 11) is 0. The van der Waals surface area contributed by atoms with Crippen LogP contribution in [0.4, 0.5) is 13.2 Å². The second-order valence-electron chi connectivity index (χ2n) is 4.00. The molecule has 1 aromatic heterocycles. The van der Waals surface area contributed by atoms with Crippen molar-refractivity contribution in [3.05, 3.63) is 58.6 Å². The molecule has 0 atom stereocenters. The van der Waals surface area contributed by atoms with Crippen molar-refractivity contribution >= 4 is 23.3 Å². The highest BCUT2D eigenvalue weighted by molar-refractivity contribution is 7.71. The molecule has 0 fully saturated rings. The standard InChI is InChI=1S/C13H7F3N2S/c14-7-4-5-10(9(16)6-7)18-11-3-1-2-8(15)12(11)17-13(18)19/h1-6H,(H,17,19). The predicted octanol–water partition coefficient (Wildman–Crippen LogP) is 4.11. The van der Waals surface area contributed by atoms with Gasteiger partial charge in [-0.15, -0.1) is 0 Å². The summed E-state index contributed by atoms with van der Waals surface area (Å²) >= 11 is 5.07. The van der Waals surface area contributed by atoms with Crippen LogP contribution in [-0.2, 0) is 0 Å². The highest BCUT2D eigenvalue weighted by Crippen LogP contribution is 2.23. The second kappa shape index (κ2) is 4.24. The van der Waals surface area contributed by atoms with Crippen LogP contribution in [0.1, 0.15) is 0 Å². The lowest BCUT2D eigenvalue weighted by molar-refractivity contribution is 0.578. The van der Waals surface area contributed by atoms with Gasteiger partial charge in [-0.2, -0.15) is 0 Å². The Bertz CT molecular complexity index is 836. The molecule has 0 unspecified atom stereocenters. The zero-order valence-electron chi connectivity index (χ0n) is 9.45. The van der Waals surface area contributed by atoms with E-state index in [0.29, 0.717) is 5.52 Å². The number of rotatable bonds is 1. The molecule has 1 heterocycles. The highest BCUT2D eigenvalue weighted by Gasteiger charge is 2.13. The van der Waals surface area contributed by atoms with E-state index in [4.69, 9.17) is 12.2 Å². The van der Waals surface area contributed by atoms with Gasteiger partial charge in [0.15, 0.2) is 4.77 Å². The van der Waals surface area contributed by atoms with Crippen LogP contribution in [0.5, 0.6) is 0 Å². The van der Waals surface area contributed by atoms with Gasteiger partial charge in [0.1, 0.15) is 23.0 Å². The number of halogens is 3. The Labute approximate surface area is 111 Å². The number of aromatic nitrogens is 2. The van der Waals surface area contributed by atoms with E-state index in [9.17, 15) is 13.2 Å². The van der Waals surface area contributed by atoms with Crippen molar-refractivity contribution in [2.75, 3.05) is 0 Å². The Balaban J connectivity index is 2.40. The smallest absolute Gasteiger partial charge is 0.182 e. The van der Waals surface area contributed by atoms with E-state index in [1.165, 1.54) is 22.8 Å². The minimum Gasteiger partial charge on any atom is -0.328 e. The Hall–Kier alpha value is -2.08. The molecule has 0 bridgehead atoms. The molecule has 0 aliphatic heterocycles. The van der Waals surface area contributed by atoms with Crippen LogP contribution in [0.2, 0.25) is 0 Å². The average molecular weight is 280 g/mol. The van der Waals surface area contributed by atoms with Gasteiger partial charge < -0.3 is 4.98 Å². The van der Waals surface area contributed by atoms with E-state index >= 15 is 0 Å². The SMILES string of the molecule is Fc1ccc(-n2c(=S)[nH]c3c(F)cccc32)c(F)c1. The summed E-state index contributed by atoms with van der Waals surface area (Å²) in [6, 6.07) is 7.52. The molecule has 0 saturated carbocycles. The lowest BCUT2D eigenvalue weighted by atomic mass is 10.2. The number of hydrogen-bond donors (Lipinski definition) is 1. The number of H-pyrrole nitrogens is 1. The summed E-state index contributed by atoms with van der Waals surface area (Å²) in [6.07, 6.45) is 0. The number of para-hydroxylation sites is 1. The molecular formula is C13H7F3N2S. The number of benzene rings is 2. The fourth-order valence-electron chi connectivity index (χ4n) is 2.00. The van der Waals surface area contributed by atoms with Crippen LogP contribution in [0, 0.1) is 22.2 Å². The van der Waals surface area contributed by atoms with E-state index in [2.05, 4.69) is 4.98 Å². The fourth-order valence-corrected chi connectivity index (χ4v) is 2.30. The third-order valence-corrected chi connectivity index (χ3v) is 3.10. The van der Waals surface area contributed by atoms with Gasteiger partial charge >= 0.3 is 0 Å². The number of hydrogen-bond acceptors (Lipinski definition) is 1. The molecular weight excluding hydrogens is 273 g/mol. The Morgan fingerprint density at radius 3 is 2.53 bits per heavy atom. The summed E-state index contributed by atoms with van der Waals surface area (Å²) < 4.78 is 41.8. The van der Waals surface area contributed by atoms with Gasteiger partial charge in [-0.05, 0) is 36.5 Å². The van der Waals surface area contributed by atoms with Crippen molar-refractivity contribution in [3.63, 3.8) is 0 Å². The maximum atomic E-state index is 13.8. The fraction of sp³-hybridized carbons (Fsp3) is 0. The molecule has 3 rings (SSSR count). The van der Waals surface area contributed by atoms with Crippen molar-refractivity contribution in [3.8, 4) is 5.69 Å². The maximum Gasteiger partial charge on any atom is 0.182 e. The predicted molar refractivity (Wildman–Crippen MR) is 68.3 cm³/mol. The van der Waals surface area contributed by atoms with E-state index in [-0.39, 0.29) is 16.0 Å². The van der Waals surface area contributed by atoms with Crippen molar-refractivity contribution < 1.29 is 13.2 Å². The molecule has 96 valence electrons. The van der Waals surface area contributed by atoms with Gasteiger partial charge in [0.25, 0.3) is 0 Å². The van der Waals surface area contributed by atoms with Gasteiger partial charge in [0, 0.05) is 6.07 Å². The molecule has 2 aromatic carbocycles. The maximum absolute atomic E-state index is 13.8. The minimum atomic E-state index is -0.763. The molecule has 0 amide bonds. The molecule has 0 aliphatic carbocycles. The molecule has 2 nitrogen and oxygen atoms in total. The number of aromatic amines is 1.